The first-order valence-electron chi connectivity index (χ1n) is 11.3. The van der Waals surface area contributed by atoms with Crippen molar-refractivity contribution < 1.29 is 4.74 Å². The Kier molecular flexibility index (Phi) is 11.8. The van der Waals surface area contributed by atoms with E-state index in [1.54, 1.807) is 0 Å². The van der Waals surface area contributed by atoms with Crippen LogP contribution in [0.3, 0.4) is 0 Å². The fourth-order valence-corrected chi connectivity index (χ4v) is 3.66. The lowest BCUT2D eigenvalue weighted by Crippen LogP contribution is -2.38. The van der Waals surface area contributed by atoms with E-state index in [1.165, 1.54) is 22.4 Å². The Morgan fingerprint density at radius 2 is 1.69 bits per heavy atom. The zero-order chi connectivity index (χ0) is 21.9. The molecule has 32 heavy (non-hydrogen) atoms. The Labute approximate surface area is 210 Å². The summed E-state index contributed by atoms with van der Waals surface area (Å²) in [5.74, 6) is 0.869. The Hall–Kier alpha value is -1.84. The summed E-state index contributed by atoms with van der Waals surface area (Å²) in [6.07, 6.45) is 0.964. The van der Waals surface area contributed by atoms with Gasteiger partial charge in [0, 0.05) is 52.5 Å². The van der Waals surface area contributed by atoms with Crippen LogP contribution >= 0.6 is 24.0 Å². The van der Waals surface area contributed by atoms with Crippen molar-refractivity contribution in [3.63, 3.8) is 0 Å². The van der Waals surface area contributed by atoms with Gasteiger partial charge < -0.3 is 20.3 Å². The van der Waals surface area contributed by atoms with Gasteiger partial charge in [-0.3, -0.25) is 4.90 Å². The summed E-state index contributed by atoms with van der Waals surface area (Å²) >= 11 is 0. The van der Waals surface area contributed by atoms with Gasteiger partial charge >= 0.3 is 0 Å². The highest BCUT2D eigenvalue weighted by molar-refractivity contribution is 14.0. The van der Waals surface area contributed by atoms with Gasteiger partial charge in [-0.1, -0.05) is 36.4 Å². The molecular formula is C25H38IN5O. The van der Waals surface area contributed by atoms with Crippen molar-refractivity contribution in [2.75, 3.05) is 58.4 Å². The van der Waals surface area contributed by atoms with Crippen molar-refractivity contribution in [2.24, 2.45) is 4.99 Å². The molecule has 1 saturated heterocycles. The summed E-state index contributed by atoms with van der Waals surface area (Å²) in [5, 5.41) is 6.85. The molecule has 7 heteroatoms. The molecule has 1 fully saturated rings. The van der Waals surface area contributed by atoms with E-state index in [4.69, 9.17) is 9.73 Å². The molecule has 1 aliphatic heterocycles. The third kappa shape index (κ3) is 8.60. The van der Waals surface area contributed by atoms with Gasteiger partial charge in [0.15, 0.2) is 5.96 Å². The van der Waals surface area contributed by atoms with E-state index in [1.807, 2.05) is 0 Å². The second-order valence-electron chi connectivity index (χ2n) is 8.09. The Morgan fingerprint density at radius 3 is 2.34 bits per heavy atom. The Morgan fingerprint density at radius 1 is 1.00 bits per heavy atom. The molecule has 0 aromatic heterocycles. The zero-order valence-electron chi connectivity index (χ0n) is 19.6. The number of hydrogen-bond acceptors (Lipinski definition) is 4. The first-order valence-corrected chi connectivity index (χ1v) is 11.3. The molecule has 0 unspecified atom stereocenters. The molecule has 1 aliphatic rings. The maximum Gasteiger partial charge on any atom is 0.191 e. The van der Waals surface area contributed by atoms with E-state index in [9.17, 15) is 0 Å². The number of rotatable bonds is 9. The predicted octanol–water partition coefficient (Wildman–Crippen LogP) is 3.50. The number of anilines is 1. The number of morpholine rings is 1. The average molecular weight is 552 g/mol. The lowest BCUT2D eigenvalue weighted by atomic mass is 10.1. The highest BCUT2D eigenvalue weighted by Crippen LogP contribution is 2.14. The van der Waals surface area contributed by atoms with Crippen molar-refractivity contribution in [3.8, 4) is 0 Å². The number of halogens is 1. The van der Waals surface area contributed by atoms with Crippen LogP contribution in [-0.4, -0.2) is 64.3 Å². The molecule has 1 heterocycles. The molecule has 2 aromatic rings. The highest BCUT2D eigenvalue weighted by Gasteiger charge is 2.12. The summed E-state index contributed by atoms with van der Waals surface area (Å²) in [6.45, 7) is 9.08. The van der Waals surface area contributed by atoms with Gasteiger partial charge in [0.2, 0.25) is 0 Å². The van der Waals surface area contributed by atoms with Crippen molar-refractivity contribution >= 4 is 35.6 Å². The van der Waals surface area contributed by atoms with Crippen molar-refractivity contribution in [2.45, 2.75) is 26.4 Å². The van der Waals surface area contributed by atoms with Gasteiger partial charge in [-0.2, -0.15) is 0 Å². The van der Waals surface area contributed by atoms with Crippen molar-refractivity contribution in [1.82, 2.24) is 15.5 Å². The van der Waals surface area contributed by atoms with E-state index in [0.29, 0.717) is 6.54 Å². The van der Waals surface area contributed by atoms with E-state index in [-0.39, 0.29) is 24.0 Å². The summed E-state index contributed by atoms with van der Waals surface area (Å²) in [5.41, 5.74) is 5.18. The standard InChI is InChI=1S/C25H37N5O.HI/c1-4-26-25(27-14-13-21-9-11-24(12-10-21)29(2)3)28-19-22-7-5-6-8-23(22)20-30-15-17-31-18-16-30;/h5-12H,4,13-20H2,1-3H3,(H2,26,27,28);1H. The molecule has 0 radical (unpaired) electrons. The number of benzene rings is 2. The summed E-state index contributed by atoms with van der Waals surface area (Å²) in [6, 6.07) is 17.4. The molecule has 0 aliphatic carbocycles. The Bertz CT molecular complexity index is 819. The van der Waals surface area contributed by atoms with Crippen LogP contribution in [-0.2, 0) is 24.2 Å². The fourth-order valence-electron chi connectivity index (χ4n) is 3.66. The lowest BCUT2D eigenvalue weighted by molar-refractivity contribution is 0.0341. The van der Waals surface area contributed by atoms with Crippen LogP contribution in [0.1, 0.15) is 23.6 Å². The van der Waals surface area contributed by atoms with Gasteiger partial charge in [-0.15, -0.1) is 24.0 Å². The lowest BCUT2D eigenvalue weighted by Gasteiger charge is -2.27. The maximum absolute atomic E-state index is 5.48. The molecule has 0 amide bonds. The third-order valence-electron chi connectivity index (χ3n) is 5.53. The molecule has 0 spiro atoms. The Balaban J connectivity index is 0.00000363. The molecule has 0 bridgehead atoms. The number of guanidine groups is 1. The number of aliphatic imine (C=N–C) groups is 1. The second kappa shape index (κ2) is 14.3. The number of nitrogens with one attached hydrogen (secondary N) is 2. The van der Waals surface area contributed by atoms with Crippen LogP contribution in [0.25, 0.3) is 0 Å². The van der Waals surface area contributed by atoms with Crippen LogP contribution < -0.4 is 15.5 Å². The molecule has 2 N–H and O–H groups in total. The minimum atomic E-state index is 0. The molecular weight excluding hydrogens is 513 g/mol. The molecule has 0 saturated carbocycles. The average Bonchev–Trinajstić information content (AvgIpc) is 2.79. The normalized spacial score (nSPS) is 14.5. The van der Waals surface area contributed by atoms with Gasteiger partial charge in [0.05, 0.1) is 19.8 Å². The van der Waals surface area contributed by atoms with Gasteiger partial charge in [-0.05, 0) is 42.2 Å². The van der Waals surface area contributed by atoms with E-state index < -0.39 is 0 Å². The zero-order valence-corrected chi connectivity index (χ0v) is 22.0. The van der Waals surface area contributed by atoms with Crippen LogP contribution in [0, 0.1) is 0 Å². The van der Waals surface area contributed by atoms with Crippen molar-refractivity contribution in [1.29, 1.82) is 0 Å². The topological polar surface area (TPSA) is 52.1 Å². The van der Waals surface area contributed by atoms with Crippen LogP contribution in [0.4, 0.5) is 5.69 Å². The molecule has 0 atom stereocenters. The van der Waals surface area contributed by atoms with Crippen LogP contribution in [0.5, 0.6) is 0 Å². The molecule has 6 nitrogen and oxygen atoms in total. The van der Waals surface area contributed by atoms with Crippen molar-refractivity contribution in [3.05, 3.63) is 65.2 Å². The third-order valence-corrected chi connectivity index (χ3v) is 5.53. The predicted molar refractivity (Wildman–Crippen MR) is 145 cm³/mol. The number of nitrogens with zero attached hydrogens (tertiary/aromatic N) is 3. The monoisotopic (exact) mass is 551 g/mol. The molecule has 3 rings (SSSR count). The van der Waals surface area contributed by atoms with Gasteiger partial charge in [0.1, 0.15) is 0 Å². The number of hydrogen-bond donors (Lipinski definition) is 2. The number of ether oxygens (including phenoxy) is 1. The van der Waals surface area contributed by atoms with Crippen LogP contribution in [0.15, 0.2) is 53.5 Å². The second-order valence-corrected chi connectivity index (χ2v) is 8.09. The van der Waals surface area contributed by atoms with Gasteiger partial charge in [-0.25, -0.2) is 4.99 Å². The maximum atomic E-state index is 5.48. The minimum Gasteiger partial charge on any atom is -0.379 e. The summed E-state index contributed by atoms with van der Waals surface area (Å²) in [4.78, 5) is 9.43. The molecule has 2 aromatic carbocycles. The molecule has 176 valence electrons. The largest absolute Gasteiger partial charge is 0.379 e. The quantitative estimate of drug-likeness (QED) is 0.284. The summed E-state index contributed by atoms with van der Waals surface area (Å²) < 4.78 is 5.48. The first kappa shape index (κ1) is 26.4. The smallest absolute Gasteiger partial charge is 0.191 e. The van der Waals surface area contributed by atoms with E-state index >= 15 is 0 Å². The summed E-state index contributed by atoms with van der Waals surface area (Å²) in [7, 11) is 4.13. The minimum absolute atomic E-state index is 0. The van der Waals surface area contributed by atoms with Gasteiger partial charge in [0.25, 0.3) is 0 Å². The van der Waals surface area contributed by atoms with E-state index in [2.05, 4.69) is 90.0 Å². The van der Waals surface area contributed by atoms with Crippen LogP contribution in [0.2, 0.25) is 0 Å². The van der Waals surface area contributed by atoms with E-state index in [0.717, 1.165) is 58.3 Å². The fraction of sp³-hybridized carbons (Fsp3) is 0.480. The highest BCUT2D eigenvalue weighted by atomic mass is 127. The SMILES string of the molecule is CCNC(=NCc1ccccc1CN1CCOCC1)NCCc1ccc(N(C)C)cc1.I. The first-order chi connectivity index (χ1) is 15.2.